The monoisotopic (exact) mass is 246 g/mol. The summed E-state index contributed by atoms with van der Waals surface area (Å²) in [6.07, 6.45) is 1.39. The minimum absolute atomic E-state index is 0.159. The Labute approximate surface area is 83.7 Å². The third-order valence-electron chi connectivity index (χ3n) is 1.42. The molecule has 1 aromatic rings. The van der Waals surface area contributed by atoms with Crippen molar-refractivity contribution in [3.05, 3.63) is 28.2 Å². The molecule has 0 radical (unpaired) electrons. The summed E-state index contributed by atoms with van der Waals surface area (Å²) in [6, 6.07) is 1.21. The van der Waals surface area contributed by atoms with Gasteiger partial charge in [-0.15, -0.1) is 0 Å². The fraction of sp³-hybridized carbons (Fsp3) is 0.250. The van der Waals surface area contributed by atoms with Gasteiger partial charge in [-0.2, -0.15) is 0 Å². The number of hydrogen-bond acceptors (Lipinski definition) is 2. The minimum atomic E-state index is -0.618. The van der Waals surface area contributed by atoms with Gasteiger partial charge in [0.25, 0.3) is 5.91 Å². The summed E-state index contributed by atoms with van der Waals surface area (Å²) in [6.45, 7) is 0. The first-order valence-corrected chi connectivity index (χ1v) is 4.34. The topological polar surface area (TPSA) is 33.2 Å². The first kappa shape index (κ1) is 10.1. The molecule has 0 aliphatic heterocycles. The molecule has 0 aromatic carbocycles. The summed E-state index contributed by atoms with van der Waals surface area (Å²) >= 11 is 3.06. The van der Waals surface area contributed by atoms with E-state index < -0.39 is 11.7 Å². The lowest BCUT2D eigenvalue weighted by molar-refractivity contribution is 0.0817. The zero-order valence-electron chi connectivity index (χ0n) is 7.21. The third-order valence-corrected chi connectivity index (χ3v) is 1.85. The SMILES string of the molecule is CN(C)C(=O)c1ncc(Br)cc1F. The predicted octanol–water partition coefficient (Wildman–Crippen LogP) is 1.69. The Balaban J connectivity index is 3.09. The van der Waals surface area contributed by atoms with Crippen molar-refractivity contribution in [2.45, 2.75) is 0 Å². The molecule has 1 rings (SSSR count). The van der Waals surface area contributed by atoms with Gasteiger partial charge < -0.3 is 4.90 Å². The normalized spacial score (nSPS) is 9.85. The Bertz CT molecular complexity index is 341. The Kier molecular flexibility index (Phi) is 2.98. The van der Waals surface area contributed by atoms with Gasteiger partial charge in [-0.1, -0.05) is 0 Å². The van der Waals surface area contributed by atoms with Crippen molar-refractivity contribution < 1.29 is 9.18 Å². The standard InChI is InChI=1S/C8H8BrFN2O/c1-12(2)8(13)7-6(10)3-5(9)4-11-7/h3-4H,1-2H3. The van der Waals surface area contributed by atoms with E-state index in [1.807, 2.05) is 0 Å². The molecule has 0 saturated heterocycles. The molecule has 0 unspecified atom stereocenters. The van der Waals surface area contributed by atoms with Crippen LogP contribution in [0.5, 0.6) is 0 Å². The Morgan fingerprint density at radius 3 is 2.69 bits per heavy atom. The van der Waals surface area contributed by atoms with Gasteiger partial charge in [0.1, 0.15) is 0 Å². The fourth-order valence-corrected chi connectivity index (χ4v) is 1.09. The van der Waals surface area contributed by atoms with Crippen molar-refractivity contribution in [2.24, 2.45) is 0 Å². The van der Waals surface area contributed by atoms with Crippen molar-refractivity contribution in [1.29, 1.82) is 0 Å². The number of hydrogen-bond donors (Lipinski definition) is 0. The molecule has 13 heavy (non-hydrogen) atoms. The van der Waals surface area contributed by atoms with Crippen molar-refractivity contribution in [3.63, 3.8) is 0 Å². The quantitative estimate of drug-likeness (QED) is 0.756. The molecule has 1 heterocycles. The first-order valence-electron chi connectivity index (χ1n) is 3.55. The van der Waals surface area contributed by atoms with Crippen LogP contribution in [0.15, 0.2) is 16.7 Å². The van der Waals surface area contributed by atoms with Crippen LogP contribution in [0.2, 0.25) is 0 Å². The highest BCUT2D eigenvalue weighted by atomic mass is 79.9. The summed E-state index contributed by atoms with van der Waals surface area (Å²) in [5.41, 5.74) is -0.159. The lowest BCUT2D eigenvalue weighted by Gasteiger charge is -2.09. The molecular formula is C8H8BrFN2O. The zero-order valence-corrected chi connectivity index (χ0v) is 8.80. The van der Waals surface area contributed by atoms with Gasteiger partial charge in [-0.25, -0.2) is 9.37 Å². The molecule has 0 saturated carbocycles. The number of pyridine rings is 1. The summed E-state index contributed by atoms with van der Waals surface area (Å²) in [5, 5.41) is 0. The first-order chi connectivity index (χ1) is 6.02. The number of aromatic nitrogens is 1. The van der Waals surface area contributed by atoms with Crippen LogP contribution in [0.4, 0.5) is 4.39 Å². The van der Waals surface area contributed by atoms with Crippen LogP contribution < -0.4 is 0 Å². The Morgan fingerprint density at radius 1 is 1.62 bits per heavy atom. The summed E-state index contributed by atoms with van der Waals surface area (Å²) in [4.78, 5) is 16.2. The van der Waals surface area contributed by atoms with Gasteiger partial charge in [-0.3, -0.25) is 4.79 Å². The maximum absolute atomic E-state index is 13.1. The highest BCUT2D eigenvalue weighted by molar-refractivity contribution is 9.10. The van der Waals surface area contributed by atoms with Gasteiger partial charge in [-0.05, 0) is 22.0 Å². The van der Waals surface area contributed by atoms with Gasteiger partial charge in [0.05, 0.1) is 0 Å². The lowest BCUT2D eigenvalue weighted by Crippen LogP contribution is -2.23. The molecule has 5 heteroatoms. The van der Waals surface area contributed by atoms with Gasteiger partial charge in [0.2, 0.25) is 0 Å². The molecule has 0 bridgehead atoms. The van der Waals surface area contributed by atoms with Crippen LogP contribution >= 0.6 is 15.9 Å². The summed E-state index contributed by atoms with van der Waals surface area (Å²) in [7, 11) is 3.09. The van der Waals surface area contributed by atoms with Crippen LogP contribution in [0.3, 0.4) is 0 Å². The molecule has 0 N–H and O–H groups in total. The Morgan fingerprint density at radius 2 is 2.23 bits per heavy atom. The van der Waals surface area contributed by atoms with E-state index in [0.29, 0.717) is 4.47 Å². The van der Waals surface area contributed by atoms with Crippen LogP contribution in [-0.4, -0.2) is 29.9 Å². The van der Waals surface area contributed by atoms with E-state index in [2.05, 4.69) is 20.9 Å². The average Bonchev–Trinajstić information content (AvgIpc) is 2.03. The second-order valence-corrected chi connectivity index (χ2v) is 3.60. The van der Waals surface area contributed by atoms with Crippen molar-refractivity contribution in [3.8, 4) is 0 Å². The molecule has 0 fully saturated rings. The summed E-state index contributed by atoms with van der Waals surface area (Å²) in [5.74, 6) is -1.06. The molecule has 0 aliphatic carbocycles. The summed E-state index contributed by atoms with van der Waals surface area (Å²) < 4.78 is 13.6. The van der Waals surface area contributed by atoms with Crippen molar-refractivity contribution >= 4 is 21.8 Å². The molecule has 3 nitrogen and oxygen atoms in total. The lowest BCUT2D eigenvalue weighted by atomic mass is 10.3. The highest BCUT2D eigenvalue weighted by Crippen LogP contribution is 2.13. The van der Waals surface area contributed by atoms with E-state index >= 15 is 0 Å². The average molecular weight is 247 g/mol. The maximum Gasteiger partial charge on any atom is 0.274 e. The third kappa shape index (κ3) is 2.24. The van der Waals surface area contributed by atoms with E-state index in [4.69, 9.17) is 0 Å². The maximum atomic E-state index is 13.1. The van der Waals surface area contributed by atoms with E-state index in [1.165, 1.54) is 17.2 Å². The highest BCUT2D eigenvalue weighted by Gasteiger charge is 2.14. The molecule has 70 valence electrons. The van der Waals surface area contributed by atoms with Crippen molar-refractivity contribution in [1.82, 2.24) is 9.88 Å². The van der Waals surface area contributed by atoms with E-state index in [1.54, 1.807) is 14.1 Å². The van der Waals surface area contributed by atoms with Gasteiger partial charge in [0, 0.05) is 24.8 Å². The van der Waals surface area contributed by atoms with Crippen molar-refractivity contribution in [2.75, 3.05) is 14.1 Å². The Hall–Kier alpha value is -0.970. The molecule has 0 aliphatic rings. The van der Waals surface area contributed by atoms with Gasteiger partial charge in [0.15, 0.2) is 11.5 Å². The molecule has 0 spiro atoms. The van der Waals surface area contributed by atoms with E-state index in [9.17, 15) is 9.18 Å². The molecular weight excluding hydrogens is 239 g/mol. The minimum Gasteiger partial charge on any atom is -0.343 e. The largest absolute Gasteiger partial charge is 0.343 e. The fourth-order valence-electron chi connectivity index (χ4n) is 0.784. The number of rotatable bonds is 1. The number of carbonyl (C=O) groups excluding carboxylic acids is 1. The predicted molar refractivity (Wildman–Crippen MR) is 49.9 cm³/mol. The number of amides is 1. The second-order valence-electron chi connectivity index (χ2n) is 2.68. The number of nitrogens with zero attached hydrogens (tertiary/aromatic N) is 2. The molecule has 1 aromatic heterocycles. The number of halogens is 2. The number of carbonyl (C=O) groups is 1. The van der Waals surface area contributed by atoms with Gasteiger partial charge >= 0.3 is 0 Å². The molecule has 0 atom stereocenters. The zero-order chi connectivity index (χ0) is 10.0. The van der Waals surface area contributed by atoms with E-state index in [0.717, 1.165) is 0 Å². The van der Waals surface area contributed by atoms with E-state index in [-0.39, 0.29) is 5.69 Å². The second kappa shape index (κ2) is 3.83. The van der Waals surface area contributed by atoms with Crippen LogP contribution in [0.25, 0.3) is 0 Å². The molecule has 1 amide bonds. The van der Waals surface area contributed by atoms with Crippen LogP contribution in [0.1, 0.15) is 10.5 Å². The smallest absolute Gasteiger partial charge is 0.274 e. The van der Waals surface area contributed by atoms with Crippen LogP contribution in [-0.2, 0) is 0 Å². The van der Waals surface area contributed by atoms with Crippen LogP contribution in [0, 0.1) is 5.82 Å².